The van der Waals surface area contributed by atoms with Gasteiger partial charge in [-0.25, -0.2) is 0 Å². The molecule has 3 aromatic rings. The third-order valence-electron chi connectivity index (χ3n) is 3.35. The summed E-state index contributed by atoms with van der Waals surface area (Å²) in [5.41, 5.74) is 1.74. The summed E-state index contributed by atoms with van der Waals surface area (Å²) in [6.07, 6.45) is 3.37. The van der Waals surface area contributed by atoms with Gasteiger partial charge in [0.05, 0.1) is 0 Å². The quantitative estimate of drug-likeness (QED) is 0.666. The van der Waals surface area contributed by atoms with Crippen LogP contribution in [0.15, 0.2) is 72.8 Å². The lowest BCUT2D eigenvalue weighted by molar-refractivity contribution is -0.111. The number of amides is 1. The average Bonchev–Trinajstić information content (AvgIpc) is 2.55. The Morgan fingerprint density at radius 1 is 0.909 bits per heavy atom. The standard InChI is InChI=1S/C19H14ClNO/c20-16-9-11-17(12-10-16)21-19(22)13-8-15-6-3-5-14-4-1-2-7-18(14)15/h1-13H,(H,21,22). The van der Waals surface area contributed by atoms with E-state index in [1.54, 1.807) is 24.3 Å². The van der Waals surface area contributed by atoms with Gasteiger partial charge in [-0.1, -0.05) is 54.1 Å². The Labute approximate surface area is 134 Å². The zero-order valence-corrected chi connectivity index (χ0v) is 12.5. The Bertz CT molecular complexity index is 832. The monoisotopic (exact) mass is 307 g/mol. The van der Waals surface area contributed by atoms with Gasteiger partial charge in [0.15, 0.2) is 0 Å². The number of rotatable bonds is 3. The van der Waals surface area contributed by atoms with Crippen LogP contribution in [0, 0.1) is 0 Å². The maximum absolute atomic E-state index is 12.0. The summed E-state index contributed by atoms with van der Waals surface area (Å²) >= 11 is 5.82. The van der Waals surface area contributed by atoms with E-state index in [4.69, 9.17) is 11.6 Å². The predicted octanol–water partition coefficient (Wildman–Crippen LogP) is 5.15. The molecule has 1 amide bonds. The molecule has 0 saturated carbocycles. The Balaban J connectivity index is 1.78. The Kier molecular flexibility index (Phi) is 4.22. The van der Waals surface area contributed by atoms with Crippen molar-refractivity contribution in [2.24, 2.45) is 0 Å². The molecule has 0 aromatic heterocycles. The van der Waals surface area contributed by atoms with Crippen molar-refractivity contribution in [1.82, 2.24) is 0 Å². The number of fused-ring (bicyclic) bond motifs is 1. The highest BCUT2D eigenvalue weighted by Gasteiger charge is 2.00. The summed E-state index contributed by atoms with van der Waals surface area (Å²) < 4.78 is 0. The number of hydrogen-bond acceptors (Lipinski definition) is 1. The summed E-state index contributed by atoms with van der Waals surface area (Å²) in [5, 5.41) is 5.73. The number of halogens is 1. The van der Waals surface area contributed by atoms with Crippen LogP contribution in [-0.4, -0.2) is 5.91 Å². The first kappa shape index (κ1) is 14.4. The molecule has 108 valence electrons. The molecule has 3 heteroatoms. The molecule has 22 heavy (non-hydrogen) atoms. The first-order valence-corrected chi connectivity index (χ1v) is 7.32. The van der Waals surface area contributed by atoms with Gasteiger partial charge < -0.3 is 5.32 Å². The summed E-state index contributed by atoms with van der Waals surface area (Å²) in [4.78, 5) is 12.0. The molecule has 1 N–H and O–H groups in total. The number of carbonyl (C=O) groups is 1. The van der Waals surface area contributed by atoms with Gasteiger partial charge in [0.1, 0.15) is 0 Å². The van der Waals surface area contributed by atoms with Crippen LogP contribution in [0.4, 0.5) is 5.69 Å². The van der Waals surface area contributed by atoms with Gasteiger partial charge >= 0.3 is 0 Å². The number of anilines is 1. The smallest absolute Gasteiger partial charge is 0.248 e. The van der Waals surface area contributed by atoms with Crippen LogP contribution in [0.5, 0.6) is 0 Å². The summed E-state index contributed by atoms with van der Waals surface area (Å²) in [7, 11) is 0. The Morgan fingerprint density at radius 3 is 2.45 bits per heavy atom. The third-order valence-corrected chi connectivity index (χ3v) is 3.60. The molecule has 0 saturated heterocycles. The van der Waals surface area contributed by atoms with Crippen molar-refractivity contribution in [3.8, 4) is 0 Å². The highest BCUT2D eigenvalue weighted by atomic mass is 35.5. The molecule has 2 nitrogen and oxygen atoms in total. The molecule has 0 aliphatic carbocycles. The van der Waals surface area contributed by atoms with Crippen molar-refractivity contribution < 1.29 is 4.79 Å². The van der Waals surface area contributed by atoms with Gasteiger partial charge in [0.25, 0.3) is 0 Å². The highest BCUT2D eigenvalue weighted by Crippen LogP contribution is 2.19. The molecule has 0 heterocycles. The zero-order valence-electron chi connectivity index (χ0n) is 11.8. The zero-order chi connectivity index (χ0) is 15.4. The SMILES string of the molecule is O=C(C=Cc1cccc2ccccc12)Nc1ccc(Cl)cc1. The van der Waals surface area contributed by atoms with E-state index in [0.29, 0.717) is 5.02 Å². The van der Waals surface area contributed by atoms with E-state index in [-0.39, 0.29) is 5.91 Å². The molecule has 0 bridgehead atoms. The van der Waals surface area contributed by atoms with Gasteiger partial charge in [-0.15, -0.1) is 0 Å². The van der Waals surface area contributed by atoms with Crippen LogP contribution >= 0.6 is 11.6 Å². The second-order valence-corrected chi connectivity index (χ2v) is 5.33. The number of carbonyl (C=O) groups excluding carboxylic acids is 1. The fourth-order valence-electron chi connectivity index (χ4n) is 2.28. The summed E-state index contributed by atoms with van der Waals surface area (Å²) in [6, 6.07) is 21.2. The lowest BCUT2D eigenvalue weighted by Crippen LogP contribution is -2.07. The van der Waals surface area contributed by atoms with Gasteiger partial charge in [-0.2, -0.15) is 0 Å². The second kappa shape index (κ2) is 6.46. The molecule has 0 aliphatic heterocycles. The fourth-order valence-corrected chi connectivity index (χ4v) is 2.40. The maximum Gasteiger partial charge on any atom is 0.248 e. The van der Waals surface area contributed by atoms with E-state index < -0.39 is 0 Å². The van der Waals surface area contributed by atoms with Crippen LogP contribution in [-0.2, 0) is 4.79 Å². The first-order chi connectivity index (χ1) is 10.7. The molecule has 0 aliphatic rings. The van der Waals surface area contributed by atoms with E-state index in [2.05, 4.69) is 17.4 Å². The predicted molar refractivity (Wildman–Crippen MR) is 93.1 cm³/mol. The number of hydrogen-bond donors (Lipinski definition) is 1. The molecule has 0 fully saturated rings. The van der Waals surface area contributed by atoms with Crippen LogP contribution in [0.3, 0.4) is 0 Å². The van der Waals surface area contributed by atoms with E-state index in [1.165, 1.54) is 6.08 Å². The Hall–Kier alpha value is -2.58. The highest BCUT2D eigenvalue weighted by molar-refractivity contribution is 6.30. The molecular weight excluding hydrogens is 294 g/mol. The third kappa shape index (κ3) is 3.35. The summed E-state index contributed by atoms with van der Waals surface area (Å²) in [5.74, 6) is -0.171. The van der Waals surface area contributed by atoms with Crippen molar-refractivity contribution >= 4 is 40.0 Å². The largest absolute Gasteiger partial charge is 0.323 e. The van der Waals surface area contributed by atoms with Gasteiger partial charge in [0, 0.05) is 16.8 Å². The average molecular weight is 308 g/mol. The van der Waals surface area contributed by atoms with Crippen molar-refractivity contribution in [1.29, 1.82) is 0 Å². The number of benzene rings is 3. The van der Waals surface area contributed by atoms with Gasteiger partial charge in [-0.3, -0.25) is 4.79 Å². The van der Waals surface area contributed by atoms with E-state index in [1.807, 2.05) is 36.4 Å². The normalized spacial score (nSPS) is 11.0. The lowest BCUT2D eigenvalue weighted by Gasteiger charge is -2.03. The van der Waals surface area contributed by atoms with Crippen LogP contribution in [0.25, 0.3) is 16.8 Å². The second-order valence-electron chi connectivity index (χ2n) is 4.90. The molecule has 0 spiro atoms. The van der Waals surface area contributed by atoms with E-state index in [9.17, 15) is 4.79 Å². The molecule has 3 aromatic carbocycles. The van der Waals surface area contributed by atoms with Crippen LogP contribution < -0.4 is 5.32 Å². The first-order valence-electron chi connectivity index (χ1n) is 6.95. The van der Waals surface area contributed by atoms with Crippen molar-refractivity contribution in [2.75, 3.05) is 5.32 Å². The van der Waals surface area contributed by atoms with Crippen molar-refractivity contribution in [2.45, 2.75) is 0 Å². The number of nitrogens with one attached hydrogen (secondary N) is 1. The van der Waals surface area contributed by atoms with Crippen molar-refractivity contribution in [3.63, 3.8) is 0 Å². The molecule has 0 atom stereocenters. The topological polar surface area (TPSA) is 29.1 Å². The van der Waals surface area contributed by atoms with E-state index in [0.717, 1.165) is 22.0 Å². The van der Waals surface area contributed by atoms with Gasteiger partial charge in [0.2, 0.25) is 5.91 Å². The van der Waals surface area contributed by atoms with Crippen LogP contribution in [0.2, 0.25) is 5.02 Å². The molecule has 3 rings (SSSR count). The lowest BCUT2D eigenvalue weighted by atomic mass is 10.0. The summed E-state index contributed by atoms with van der Waals surface area (Å²) in [6.45, 7) is 0. The molecule has 0 unspecified atom stereocenters. The molecular formula is C19H14ClNO. The fraction of sp³-hybridized carbons (Fsp3) is 0. The van der Waals surface area contributed by atoms with E-state index >= 15 is 0 Å². The minimum atomic E-state index is -0.171. The Morgan fingerprint density at radius 2 is 1.64 bits per heavy atom. The minimum absolute atomic E-state index is 0.171. The molecule has 0 radical (unpaired) electrons. The van der Waals surface area contributed by atoms with Crippen molar-refractivity contribution in [3.05, 3.63) is 83.4 Å². The minimum Gasteiger partial charge on any atom is -0.323 e. The maximum atomic E-state index is 12.0. The van der Waals surface area contributed by atoms with Crippen LogP contribution in [0.1, 0.15) is 5.56 Å². The van der Waals surface area contributed by atoms with Gasteiger partial charge in [-0.05, 0) is 46.7 Å².